The van der Waals surface area contributed by atoms with E-state index in [1.807, 2.05) is 98.8 Å². The summed E-state index contributed by atoms with van der Waals surface area (Å²) in [6.07, 6.45) is 1.06. The number of rotatable bonds is 13. The third kappa shape index (κ3) is 6.70. The molecule has 0 unspecified atom stereocenters. The van der Waals surface area contributed by atoms with E-state index in [0.29, 0.717) is 48.5 Å². The van der Waals surface area contributed by atoms with Gasteiger partial charge in [0.25, 0.3) is 5.91 Å². The molecule has 0 aliphatic carbocycles. The summed E-state index contributed by atoms with van der Waals surface area (Å²) in [4.78, 5) is 28.8. The van der Waals surface area contributed by atoms with E-state index in [9.17, 15) is 9.59 Å². The maximum absolute atomic E-state index is 13.4. The Morgan fingerprint density at radius 2 is 1.59 bits per heavy atom. The minimum atomic E-state index is -0.135. The molecule has 4 aromatic carbocycles. The summed E-state index contributed by atoms with van der Waals surface area (Å²) in [6, 6.07) is 29.5. The number of hydrogen-bond donors (Lipinski definition) is 1. The number of Topliss-reactive ketones (excluding diaryl/α,β-unsaturated/α-hetero) is 1. The van der Waals surface area contributed by atoms with Crippen LogP contribution in [0.4, 0.5) is 5.69 Å². The molecule has 0 saturated carbocycles. The summed E-state index contributed by atoms with van der Waals surface area (Å²) in [5.74, 6) is 1.31. The van der Waals surface area contributed by atoms with Crippen molar-refractivity contribution < 1.29 is 18.7 Å². The molecular weight excluding hydrogens is 548 g/mol. The highest BCUT2D eigenvalue weighted by Gasteiger charge is 2.24. The van der Waals surface area contributed by atoms with Crippen LogP contribution in [0.5, 0.6) is 5.75 Å². The van der Waals surface area contributed by atoms with Crippen molar-refractivity contribution in [1.82, 2.24) is 5.32 Å². The van der Waals surface area contributed by atoms with Gasteiger partial charge in [-0.25, -0.2) is 0 Å². The van der Waals surface area contributed by atoms with E-state index in [4.69, 9.17) is 9.15 Å². The Kier molecular flexibility index (Phi) is 9.80. The molecule has 0 saturated heterocycles. The second-order valence-electron chi connectivity index (χ2n) is 10.8. The molecule has 5 rings (SSSR count). The zero-order chi connectivity index (χ0) is 31.1. The van der Waals surface area contributed by atoms with Gasteiger partial charge < -0.3 is 19.4 Å². The first-order valence-electron chi connectivity index (χ1n) is 15.5. The molecule has 0 bridgehead atoms. The number of para-hydroxylation sites is 1. The number of anilines is 1. The van der Waals surface area contributed by atoms with Crippen LogP contribution < -0.4 is 15.0 Å². The van der Waals surface area contributed by atoms with Gasteiger partial charge >= 0.3 is 0 Å². The van der Waals surface area contributed by atoms with Crippen LogP contribution in [0.2, 0.25) is 0 Å². The second kappa shape index (κ2) is 14.1. The predicted octanol–water partition coefficient (Wildman–Crippen LogP) is 8.71. The van der Waals surface area contributed by atoms with E-state index >= 15 is 0 Å². The van der Waals surface area contributed by atoms with Gasteiger partial charge in [0.2, 0.25) is 0 Å². The number of fused-ring (bicyclic) bond motifs is 1. The maximum Gasteiger partial charge on any atom is 0.251 e. The highest BCUT2D eigenvalue weighted by Crippen LogP contribution is 2.41. The van der Waals surface area contributed by atoms with E-state index in [1.165, 1.54) is 0 Å². The number of aryl methyl sites for hydroxylation is 1. The predicted molar refractivity (Wildman–Crippen MR) is 179 cm³/mol. The molecule has 0 radical (unpaired) electrons. The fraction of sp³-hybridized carbons (Fsp3) is 0.263. The second-order valence-corrected chi connectivity index (χ2v) is 10.8. The van der Waals surface area contributed by atoms with E-state index in [0.717, 1.165) is 52.2 Å². The number of hydrogen-bond acceptors (Lipinski definition) is 5. The van der Waals surface area contributed by atoms with Crippen LogP contribution in [0.15, 0.2) is 95.4 Å². The van der Waals surface area contributed by atoms with Crippen LogP contribution >= 0.6 is 0 Å². The summed E-state index contributed by atoms with van der Waals surface area (Å²) in [5, 5.41) is 3.81. The highest BCUT2D eigenvalue weighted by atomic mass is 16.5. The first-order chi connectivity index (χ1) is 21.4. The molecule has 0 fully saturated rings. The van der Waals surface area contributed by atoms with Gasteiger partial charge in [-0.1, -0.05) is 67.1 Å². The van der Waals surface area contributed by atoms with Gasteiger partial charge in [0.15, 0.2) is 5.78 Å². The van der Waals surface area contributed by atoms with Crippen LogP contribution in [0, 0.1) is 6.92 Å². The molecule has 6 nitrogen and oxygen atoms in total. The van der Waals surface area contributed by atoms with E-state index in [2.05, 4.69) is 30.1 Å². The number of nitrogens with one attached hydrogen (secondary N) is 1. The van der Waals surface area contributed by atoms with Crippen LogP contribution in [-0.4, -0.2) is 37.9 Å². The van der Waals surface area contributed by atoms with Crippen molar-refractivity contribution in [3.8, 4) is 28.2 Å². The van der Waals surface area contributed by atoms with Crippen LogP contribution in [0.3, 0.4) is 0 Å². The Morgan fingerprint density at radius 3 is 2.30 bits per heavy atom. The third-order valence-electron chi connectivity index (χ3n) is 7.88. The number of carbonyl (C=O) groups excluding carboxylic acids is 2. The number of amides is 1. The van der Waals surface area contributed by atoms with Crippen LogP contribution in [-0.2, 0) is 0 Å². The molecule has 44 heavy (non-hydrogen) atoms. The standard InChI is InChI=1S/C38H40N2O4/c1-5-34(41)36-32-24-31(33(40(6-2)7-3)25-35(32)44-37(36)27-19-17-26(4)18-20-27)28-13-11-14-29(23-28)38(42)39-21-12-22-43-30-15-9-8-10-16-30/h8-11,13-20,23-25H,5-7,12,21-22H2,1-4H3,(H,39,42). The summed E-state index contributed by atoms with van der Waals surface area (Å²) in [6.45, 7) is 10.8. The smallest absolute Gasteiger partial charge is 0.251 e. The lowest BCUT2D eigenvalue weighted by Crippen LogP contribution is -2.25. The fourth-order valence-electron chi connectivity index (χ4n) is 5.46. The molecule has 6 heteroatoms. The van der Waals surface area contributed by atoms with Crippen molar-refractivity contribution in [3.05, 3.63) is 108 Å². The SMILES string of the molecule is CCC(=O)c1c(-c2ccc(C)cc2)oc2cc(N(CC)CC)c(-c3cccc(C(=O)NCCCOc4ccccc4)c3)cc12. The summed E-state index contributed by atoms with van der Waals surface area (Å²) in [5.41, 5.74) is 6.73. The molecule has 1 N–H and O–H groups in total. The molecule has 0 atom stereocenters. The number of ether oxygens (including phenoxy) is 1. The average Bonchev–Trinajstić information content (AvgIpc) is 3.43. The van der Waals surface area contributed by atoms with Crippen LogP contribution in [0.1, 0.15) is 59.9 Å². The Labute approximate surface area is 259 Å². The van der Waals surface area contributed by atoms with E-state index in [-0.39, 0.29) is 11.7 Å². The molecule has 0 aliphatic heterocycles. The number of nitrogens with zero attached hydrogens (tertiary/aromatic N) is 1. The molecule has 1 aromatic heterocycles. The summed E-state index contributed by atoms with van der Waals surface area (Å²) < 4.78 is 12.2. The zero-order valence-corrected chi connectivity index (χ0v) is 26.0. The Bertz CT molecular complexity index is 1730. The van der Waals surface area contributed by atoms with Gasteiger partial charge in [-0.05, 0) is 63.1 Å². The highest BCUT2D eigenvalue weighted by molar-refractivity contribution is 6.13. The number of furan rings is 1. The number of ketones is 1. The topological polar surface area (TPSA) is 71.8 Å². The van der Waals surface area contributed by atoms with Crippen molar-refractivity contribution in [3.63, 3.8) is 0 Å². The lowest BCUT2D eigenvalue weighted by Gasteiger charge is -2.24. The zero-order valence-electron chi connectivity index (χ0n) is 26.0. The normalized spacial score (nSPS) is 11.0. The molecule has 5 aromatic rings. The van der Waals surface area contributed by atoms with E-state index < -0.39 is 0 Å². The van der Waals surface area contributed by atoms with Crippen molar-refractivity contribution in [2.75, 3.05) is 31.1 Å². The van der Waals surface area contributed by atoms with Crippen molar-refractivity contribution >= 4 is 28.3 Å². The Hall–Kier alpha value is -4.84. The molecule has 0 spiro atoms. The molecular formula is C38H40N2O4. The summed E-state index contributed by atoms with van der Waals surface area (Å²) >= 11 is 0. The van der Waals surface area contributed by atoms with Gasteiger partial charge in [-0.15, -0.1) is 0 Å². The van der Waals surface area contributed by atoms with Crippen molar-refractivity contribution in [2.24, 2.45) is 0 Å². The van der Waals surface area contributed by atoms with Gasteiger partial charge in [-0.2, -0.15) is 0 Å². The third-order valence-corrected chi connectivity index (χ3v) is 7.88. The minimum absolute atomic E-state index is 0.0326. The monoisotopic (exact) mass is 588 g/mol. The Morgan fingerprint density at radius 1 is 0.841 bits per heavy atom. The molecule has 0 aliphatic rings. The lowest BCUT2D eigenvalue weighted by molar-refractivity contribution is 0.0950. The van der Waals surface area contributed by atoms with Gasteiger partial charge in [0.1, 0.15) is 17.1 Å². The van der Waals surface area contributed by atoms with Crippen molar-refractivity contribution in [2.45, 2.75) is 40.5 Å². The number of carbonyl (C=O) groups is 2. The molecule has 1 heterocycles. The fourth-order valence-corrected chi connectivity index (χ4v) is 5.46. The maximum atomic E-state index is 13.4. The summed E-state index contributed by atoms with van der Waals surface area (Å²) in [7, 11) is 0. The first kappa shape index (κ1) is 30.6. The van der Waals surface area contributed by atoms with Gasteiger partial charge in [-0.3, -0.25) is 9.59 Å². The van der Waals surface area contributed by atoms with Gasteiger partial charge in [0, 0.05) is 59.9 Å². The van der Waals surface area contributed by atoms with E-state index in [1.54, 1.807) is 0 Å². The van der Waals surface area contributed by atoms with Gasteiger partial charge in [0.05, 0.1) is 12.2 Å². The molecule has 226 valence electrons. The Balaban J connectivity index is 1.48. The van der Waals surface area contributed by atoms with Crippen LogP contribution in [0.25, 0.3) is 33.4 Å². The largest absolute Gasteiger partial charge is 0.494 e. The molecule has 1 amide bonds. The first-order valence-corrected chi connectivity index (χ1v) is 15.5. The quantitative estimate of drug-likeness (QED) is 0.110. The number of benzene rings is 4. The van der Waals surface area contributed by atoms with Crippen molar-refractivity contribution in [1.29, 1.82) is 0 Å². The average molecular weight is 589 g/mol. The lowest BCUT2D eigenvalue weighted by atomic mass is 9.95. The minimum Gasteiger partial charge on any atom is -0.494 e.